The zero-order valence-electron chi connectivity index (χ0n) is 21.0. The highest BCUT2D eigenvalue weighted by atomic mass is 35.5. The Morgan fingerprint density at radius 2 is 1.78 bits per heavy atom. The number of sulfonamides is 1. The first-order valence-electron chi connectivity index (χ1n) is 12.6. The highest BCUT2D eigenvalue weighted by Crippen LogP contribution is 2.27. The zero-order valence-corrected chi connectivity index (χ0v) is 22.5. The summed E-state index contributed by atoms with van der Waals surface area (Å²) in [5, 5.41) is 6.91. The maximum atomic E-state index is 13.6. The van der Waals surface area contributed by atoms with Crippen molar-refractivity contribution in [3.8, 4) is 0 Å². The first kappa shape index (κ1) is 27.2. The molecule has 2 amide bonds. The molecule has 2 fully saturated rings. The number of nitrogens with one attached hydrogen (secondary N) is 3. The summed E-state index contributed by atoms with van der Waals surface area (Å²) in [7, 11) is -3.42. The number of carbonyl (C=O) groups is 2. The molecule has 37 heavy (non-hydrogen) atoms. The Balaban J connectivity index is 1.45. The summed E-state index contributed by atoms with van der Waals surface area (Å²) < 4.78 is 26.2. The third-order valence-corrected chi connectivity index (χ3v) is 7.61. The second kappa shape index (κ2) is 12.1. The van der Waals surface area contributed by atoms with E-state index in [1.165, 1.54) is 0 Å². The minimum atomic E-state index is -3.42. The minimum absolute atomic E-state index is 0.0982. The van der Waals surface area contributed by atoms with Crippen molar-refractivity contribution in [1.82, 2.24) is 15.5 Å². The smallest absolute Gasteiger partial charge is 0.245 e. The molecular formula is C26H34ClN5O4S. The number of piperidine rings is 1. The normalized spacial score (nSPS) is 19.2. The number of nitrogens with zero attached hydrogens (tertiary/aromatic N) is 2. The van der Waals surface area contributed by atoms with Crippen molar-refractivity contribution >= 4 is 44.8 Å². The van der Waals surface area contributed by atoms with Gasteiger partial charge in [-0.1, -0.05) is 35.9 Å². The quantitative estimate of drug-likeness (QED) is 0.467. The van der Waals surface area contributed by atoms with Gasteiger partial charge in [0.25, 0.3) is 0 Å². The number of benzene rings is 2. The van der Waals surface area contributed by atoms with Crippen molar-refractivity contribution in [3.63, 3.8) is 0 Å². The van der Waals surface area contributed by atoms with Gasteiger partial charge in [0, 0.05) is 44.2 Å². The van der Waals surface area contributed by atoms with Crippen LogP contribution >= 0.6 is 11.6 Å². The Morgan fingerprint density at radius 1 is 1.08 bits per heavy atom. The fourth-order valence-electron chi connectivity index (χ4n) is 4.85. The van der Waals surface area contributed by atoms with Crippen molar-refractivity contribution in [3.05, 3.63) is 59.1 Å². The lowest BCUT2D eigenvalue weighted by Crippen LogP contribution is -2.56. The monoisotopic (exact) mass is 547 g/mol. The van der Waals surface area contributed by atoms with E-state index in [1.54, 1.807) is 29.2 Å². The largest absolute Gasteiger partial charge is 0.366 e. The molecule has 2 aromatic carbocycles. The molecule has 0 radical (unpaired) electrons. The maximum Gasteiger partial charge on any atom is 0.245 e. The molecule has 0 saturated carbocycles. The molecule has 0 bridgehead atoms. The van der Waals surface area contributed by atoms with E-state index in [4.69, 9.17) is 11.6 Å². The van der Waals surface area contributed by atoms with Crippen LogP contribution in [0.4, 0.5) is 11.4 Å². The Hall–Kier alpha value is -2.82. The van der Waals surface area contributed by atoms with Gasteiger partial charge in [-0.3, -0.25) is 14.3 Å². The van der Waals surface area contributed by atoms with Crippen LogP contribution in [0.1, 0.15) is 18.4 Å². The van der Waals surface area contributed by atoms with Gasteiger partial charge in [-0.25, -0.2) is 8.42 Å². The summed E-state index contributed by atoms with van der Waals surface area (Å²) in [5.41, 5.74) is 2.21. The van der Waals surface area contributed by atoms with Crippen LogP contribution in [0.25, 0.3) is 0 Å². The third-order valence-electron chi connectivity index (χ3n) is 6.77. The molecule has 2 aromatic rings. The second-order valence-electron chi connectivity index (χ2n) is 9.64. The van der Waals surface area contributed by atoms with Gasteiger partial charge in [-0.2, -0.15) is 0 Å². The van der Waals surface area contributed by atoms with Gasteiger partial charge in [0.05, 0.1) is 23.5 Å². The van der Waals surface area contributed by atoms with Crippen molar-refractivity contribution in [2.45, 2.75) is 25.3 Å². The van der Waals surface area contributed by atoms with Crippen LogP contribution in [0, 0.1) is 5.92 Å². The van der Waals surface area contributed by atoms with Crippen molar-refractivity contribution in [1.29, 1.82) is 0 Å². The molecule has 2 saturated heterocycles. The molecule has 2 aliphatic rings. The summed E-state index contributed by atoms with van der Waals surface area (Å²) in [6.45, 7) is 3.54. The summed E-state index contributed by atoms with van der Waals surface area (Å²) in [6, 6.07) is 13.9. The molecule has 0 aromatic heterocycles. The minimum Gasteiger partial charge on any atom is -0.366 e. The third kappa shape index (κ3) is 7.59. The summed E-state index contributed by atoms with van der Waals surface area (Å²) in [5.74, 6) is -0.363. The lowest BCUT2D eigenvalue weighted by atomic mass is 9.97. The molecule has 0 aliphatic carbocycles. The molecule has 4 rings (SSSR count). The summed E-state index contributed by atoms with van der Waals surface area (Å²) >= 11 is 6.03. The molecule has 0 spiro atoms. The van der Waals surface area contributed by atoms with Gasteiger partial charge in [0.2, 0.25) is 21.8 Å². The van der Waals surface area contributed by atoms with E-state index in [-0.39, 0.29) is 17.7 Å². The van der Waals surface area contributed by atoms with E-state index >= 15 is 0 Å². The number of hydrogen-bond acceptors (Lipinski definition) is 6. The van der Waals surface area contributed by atoms with Crippen LogP contribution in [0.15, 0.2) is 48.5 Å². The van der Waals surface area contributed by atoms with Gasteiger partial charge < -0.3 is 20.4 Å². The fourth-order valence-corrected chi connectivity index (χ4v) is 5.54. The Kier molecular flexibility index (Phi) is 8.94. The Labute approximate surface area is 223 Å². The SMILES string of the molecule is CS(=O)(=O)Nc1ccccc1N1CCN(C(=O)C(Cc2ccc(Cl)cc2)NC(=O)C2CCCNC2)CC1. The van der Waals surface area contributed by atoms with Crippen molar-refractivity contribution < 1.29 is 18.0 Å². The van der Waals surface area contributed by atoms with Gasteiger partial charge in [-0.15, -0.1) is 0 Å². The molecule has 2 atom stereocenters. The van der Waals surface area contributed by atoms with Crippen molar-refractivity contribution in [2.75, 3.05) is 55.1 Å². The van der Waals surface area contributed by atoms with E-state index in [9.17, 15) is 18.0 Å². The molecule has 3 N–H and O–H groups in total. The summed E-state index contributed by atoms with van der Waals surface area (Å²) in [4.78, 5) is 30.5. The van der Waals surface area contributed by atoms with Crippen LogP contribution in [0.5, 0.6) is 0 Å². The standard InChI is InChI=1S/C26H34ClN5O4S/c1-37(35,36)30-22-6-2-3-7-24(22)31-13-15-32(16-14-31)26(34)23(17-19-8-10-21(27)11-9-19)29-25(33)20-5-4-12-28-18-20/h2-3,6-11,20,23,28,30H,4-5,12-18H2,1H3,(H,29,33). The lowest BCUT2D eigenvalue weighted by Gasteiger charge is -2.38. The molecule has 9 nitrogen and oxygen atoms in total. The number of rotatable bonds is 8. The first-order valence-corrected chi connectivity index (χ1v) is 14.8. The average molecular weight is 548 g/mol. The Morgan fingerprint density at radius 3 is 2.43 bits per heavy atom. The molecule has 2 aliphatic heterocycles. The maximum absolute atomic E-state index is 13.6. The predicted molar refractivity (Wildman–Crippen MR) is 146 cm³/mol. The number of carbonyl (C=O) groups excluding carboxylic acids is 2. The van der Waals surface area contributed by atoms with Gasteiger partial charge >= 0.3 is 0 Å². The van der Waals surface area contributed by atoms with E-state index in [1.807, 2.05) is 24.3 Å². The number of piperazine rings is 1. The Bertz CT molecular complexity index is 1190. The second-order valence-corrected chi connectivity index (χ2v) is 11.8. The number of para-hydroxylation sites is 2. The zero-order chi connectivity index (χ0) is 26.4. The number of halogens is 1. The van der Waals surface area contributed by atoms with E-state index in [0.29, 0.717) is 49.9 Å². The number of amides is 2. The molecular weight excluding hydrogens is 514 g/mol. The fraction of sp³-hybridized carbons (Fsp3) is 0.462. The van der Waals surface area contributed by atoms with E-state index in [0.717, 1.165) is 36.9 Å². The van der Waals surface area contributed by atoms with Crippen molar-refractivity contribution in [2.24, 2.45) is 5.92 Å². The molecule has 11 heteroatoms. The van der Waals surface area contributed by atoms with Crippen LogP contribution in [-0.2, 0) is 26.0 Å². The van der Waals surface area contributed by atoms with E-state index < -0.39 is 16.1 Å². The van der Waals surface area contributed by atoms with Gasteiger partial charge in [-0.05, 0) is 49.2 Å². The highest BCUT2D eigenvalue weighted by molar-refractivity contribution is 7.92. The van der Waals surface area contributed by atoms with Gasteiger partial charge in [0.15, 0.2) is 0 Å². The van der Waals surface area contributed by atoms with Crippen LogP contribution in [-0.4, -0.2) is 76.7 Å². The van der Waals surface area contributed by atoms with Crippen LogP contribution in [0.2, 0.25) is 5.02 Å². The first-order chi connectivity index (χ1) is 17.7. The molecule has 2 unspecified atom stereocenters. The number of hydrogen-bond donors (Lipinski definition) is 3. The number of anilines is 2. The van der Waals surface area contributed by atoms with Crippen LogP contribution in [0.3, 0.4) is 0 Å². The predicted octanol–water partition coefficient (Wildman–Crippen LogP) is 2.09. The molecule has 2 heterocycles. The summed E-state index contributed by atoms with van der Waals surface area (Å²) in [6.07, 6.45) is 3.24. The van der Waals surface area contributed by atoms with Crippen LogP contribution < -0.4 is 20.3 Å². The average Bonchev–Trinajstić information content (AvgIpc) is 2.89. The van der Waals surface area contributed by atoms with Gasteiger partial charge in [0.1, 0.15) is 6.04 Å². The molecule has 200 valence electrons. The lowest BCUT2D eigenvalue weighted by molar-refractivity contribution is -0.137. The van der Waals surface area contributed by atoms with E-state index in [2.05, 4.69) is 20.3 Å². The highest BCUT2D eigenvalue weighted by Gasteiger charge is 2.31. The topological polar surface area (TPSA) is 111 Å².